The average molecular weight is 469 g/mol. The van der Waals surface area contributed by atoms with Crippen molar-refractivity contribution in [2.75, 3.05) is 13.2 Å². The van der Waals surface area contributed by atoms with Gasteiger partial charge in [0, 0.05) is 13.3 Å². The summed E-state index contributed by atoms with van der Waals surface area (Å²) in [5.74, 6) is -1.29. The molecule has 0 aliphatic heterocycles. The molecule has 0 saturated heterocycles. The minimum Gasteiger partial charge on any atom is -0.466 e. The highest BCUT2D eigenvalue weighted by atomic mass is 16.5. The van der Waals surface area contributed by atoms with E-state index in [0.717, 1.165) is 32.1 Å². The molecule has 0 bridgehead atoms. The summed E-state index contributed by atoms with van der Waals surface area (Å²) in [4.78, 5) is 48.4. The van der Waals surface area contributed by atoms with Gasteiger partial charge in [-0.3, -0.25) is 19.2 Å². The van der Waals surface area contributed by atoms with Crippen LogP contribution in [0.4, 0.5) is 0 Å². The van der Waals surface area contributed by atoms with E-state index in [-0.39, 0.29) is 36.9 Å². The predicted octanol–water partition coefficient (Wildman–Crippen LogP) is 5.49. The summed E-state index contributed by atoms with van der Waals surface area (Å²) in [5.41, 5.74) is -1.25. The maximum Gasteiger partial charge on any atom is 0.319 e. The van der Waals surface area contributed by atoms with Gasteiger partial charge < -0.3 is 14.2 Å². The Balaban J connectivity index is 5.13. The van der Waals surface area contributed by atoms with E-state index >= 15 is 0 Å². The Kier molecular flexibility index (Phi) is 17.1. The minimum atomic E-state index is -1.25. The third kappa shape index (κ3) is 13.2. The van der Waals surface area contributed by atoms with Crippen LogP contribution in [0.2, 0.25) is 0 Å². The number of ketones is 1. The SMILES string of the molecule is CCCCCC(C=CCC(CCCCCCC(=O)OCC)(C(C)=O)C(=O)OCC)OC(C)=O. The number of hydrogen-bond donors (Lipinski definition) is 0. The molecule has 190 valence electrons. The molecule has 0 saturated carbocycles. The van der Waals surface area contributed by atoms with Crippen LogP contribution in [0.5, 0.6) is 0 Å². The number of hydrogen-bond acceptors (Lipinski definition) is 7. The minimum absolute atomic E-state index is 0.199. The lowest BCUT2D eigenvalue weighted by molar-refractivity contribution is -0.160. The van der Waals surface area contributed by atoms with E-state index in [4.69, 9.17) is 14.2 Å². The summed E-state index contributed by atoms with van der Waals surface area (Å²) in [6, 6.07) is 0. The number of carbonyl (C=O) groups excluding carboxylic acids is 4. The van der Waals surface area contributed by atoms with E-state index in [1.807, 2.05) is 0 Å². The van der Waals surface area contributed by atoms with Gasteiger partial charge in [0.05, 0.1) is 13.2 Å². The maximum absolute atomic E-state index is 12.8. The number of ether oxygens (including phenoxy) is 3. The van der Waals surface area contributed by atoms with Gasteiger partial charge in [0.15, 0.2) is 0 Å². The number of allylic oxidation sites excluding steroid dienone is 1. The lowest BCUT2D eigenvalue weighted by Crippen LogP contribution is -2.39. The molecular weight excluding hydrogens is 424 g/mol. The summed E-state index contributed by atoms with van der Waals surface area (Å²) in [6.07, 6.45) is 10.9. The fourth-order valence-electron chi connectivity index (χ4n) is 3.73. The van der Waals surface area contributed by atoms with E-state index in [0.29, 0.717) is 38.7 Å². The van der Waals surface area contributed by atoms with Gasteiger partial charge in [-0.25, -0.2) is 0 Å². The van der Waals surface area contributed by atoms with E-state index in [9.17, 15) is 19.2 Å². The summed E-state index contributed by atoms with van der Waals surface area (Å²) in [7, 11) is 0. The van der Waals surface area contributed by atoms with E-state index < -0.39 is 11.4 Å². The van der Waals surface area contributed by atoms with E-state index in [1.54, 1.807) is 26.0 Å². The highest BCUT2D eigenvalue weighted by Crippen LogP contribution is 2.33. The third-order valence-electron chi connectivity index (χ3n) is 5.61. The molecule has 0 aliphatic carbocycles. The molecule has 7 nitrogen and oxygen atoms in total. The largest absolute Gasteiger partial charge is 0.466 e. The summed E-state index contributed by atoms with van der Waals surface area (Å²) >= 11 is 0. The summed E-state index contributed by atoms with van der Waals surface area (Å²) < 4.78 is 15.6. The van der Waals surface area contributed by atoms with Gasteiger partial charge in [-0.15, -0.1) is 0 Å². The molecule has 0 amide bonds. The van der Waals surface area contributed by atoms with Crippen LogP contribution >= 0.6 is 0 Å². The van der Waals surface area contributed by atoms with Crippen molar-refractivity contribution in [3.8, 4) is 0 Å². The van der Waals surface area contributed by atoms with Crippen LogP contribution in [-0.2, 0) is 33.4 Å². The first-order valence-corrected chi connectivity index (χ1v) is 12.4. The molecule has 2 atom stereocenters. The van der Waals surface area contributed by atoms with Crippen molar-refractivity contribution in [3.05, 3.63) is 12.2 Å². The second-order valence-corrected chi connectivity index (χ2v) is 8.35. The Morgan fingerprint density at radius 3 is 2.09 bits per heavy atom. The topological polar surface area (TPSA) is 96.0 Å². The molecular formula is C26H44O7. The van der Waals surface area contributed by atoms with Crippen LogP contribution in [0.15, 0.2) is 12.2 Å². The van der Waals surface area contributed by atoms with Gasteiger partial charge in [-0.2, -0.15) is 0 Å². The molecule has 2 unspecified atom stereocenters. The first kappa shape index (κ1) is 30.8. The van der Waals surface area contributed by atoms with E-state index in [1.165, 1.54) is 13.8 Å². The van der Waals surface area contributed by atoms with Crippen molar-refractivity contribution in [1.82, 2.24) is 0 Å². The second kappa shape index (κ2) is 18.3. The van der Waals surface area contributed by atoms with Gasteiger partial charge in [0.2, 0.25) is 0 Å². The normalized spacial score (nSPS) is 13.8. The van der Waals surface area contributed by atoms with Crippen molar-refractivity contribution < 1.29 is 33.4 Å². The maximum atomic E-state index is 12.8. The van der Waals surface area contributed by atoms with Gasteiger partial charge in [0.1, 0.15) is 17.3 Å². The Labute approximate surface area is 199 Å². The highest BCUT2D eigenvalue weighted by Gasteiger charge is 2.43. The molecule has 0 N–H and O–H groups in total. The predicted molar refractivity (Wildman–Crippen MR) is 128 cm³/mol. The van der Waals surface area contributed by atoms with Crippen LogP contribution in [0.25, 0.3) is 0 Å². The van der Waals surface area contributed by atoms with Crippen LogP contribution < -0.4 is 0 Å². The number of carbonyl (C=O) groups is 4. The molecule has 7 heteroatoms. The van der Waals surface area contributed by atoms with Gasteiger partial charge >= 0.3 is 17.9 Å². The number of rotatable bonds is 19. The Morgan fingerprint density at radius 1 is 0.848 bits per heavy atom. The smallest absolute Gasteiger partial charge is 0.319 e. The second-order valence-electron chi connectivity index (χ2n) is 8.35. The van der Waals surface area contributed by atoms with Crippen LogP contribution in [0.3, 0.4) is 0 Å². The molecule has 0 aromatic rings. The standard InChI is InChI=1S/C26H44O7/c1-6-9-12-16-23(33-22(5)28)17-15-20-26(21(4)27,25(30)32-8-3)19-14-11-10-13-18-24(29)31-7-2/h15,17,23H,6-14,16,18-20H2,1-5H3. The number of Topliss-reactive ketones (excluding diaryl/α,β-unsaturated/α-hetero) is 1. The molecule has 0 aromatic heterocycles. The Bertz CT molecular complexity index is 626. The summed E-state index contributed by atoms with van der Waals surface area (Å²) in [6.45, 7) is 8.99. The molecule has 33 heavy (non-hydrogen) atoms. The van der Waals surface area contributed by atoms with Crippen molar-refractivity contribution in [3.63, 3.8) is 0 Å². The zero-order chi connectivity index (χ0) is 25.1. The molecule has 0 spiro atoms. The van der Waals surface area contributed by atoms with Crippen LogP contribution in [0, 0.1) is 5.41 Å². The number of unbranched alkanes of at least 4 members (excludes halogenated alkanes) is 5. The fraction of sp³-hybridized carbons (Fsp3) is 0.769. The fourth-order valence-corrected chi connectivity index (χ4v) is 3.73. The Hall–Kier alpha value is -2.18. The van der Waals surface area contributed by atoms with Gasteiger partial charge in [-0.1, -0.05) is 45.1 Å². The average Bonchev–Trinajstić information content (AvgIpc) is 2.74. The van der Waals surface area contributed by atoms with Crippen molar-refractivity contribution in [2.45, 2.75) is 111 Å². The lowest BCUT2D eigenvalue weighted by atomic mass is 9.76. The molecule has 0 heterocycles. The highest BCUT2D eigenvalue weighted by molar-refractivity contribution is 6.02. The molecule has 0 radical (unpaired) electrons. The van der Waals surface area contributed by atoms with Crippen LogP contribution in [0.1, 0.15) is 105 Å². The van der Waals surface area contributed by atoms with Gasteiger partial charge in [0.25, 0.3) is 0 Å². The first-order valence-electron chi connectivity index (χ1n) is 12.4. The monoisotopic (exact) mass is 468 g/mol. The molecule has 0 aliphatic rings. The van der Waals surface area contributed by atoms with Gasteiger partial charge in [-0.05, 0) is 59.0 Å². The molecule has 0 fully saturated rings. The van der Waals surface area contributed by atoms with Crippen molar-refractivity contribution in [2.24, 2.45) is 5.41 Å². The summed E-state index contributed by atoms with van der Waals surface area (Å²) in [5, 5.41) is 0. The van der Waals surface area contributed by atoms with Crippen molar-refractivity contribution in [1.29, 1.82) is 0 Å². The third-order valence-corrected chi connectivity index (χ3v) is 5.61. The molecule has 0 rings (SSSR count). The lowest BCUT2D eigenvalue weighted by Gasteiger charge is -2.28. The number of esters is 3. The van der Waals surface area contributed by atoms with E-state index in [2.05, 4.69) is 6.92 Å². The Morgan fingerprint density at radius 2 is 1.52 bits per heavy atom. The first-order chi connectivity index (χ1) is 15.7. The molecule has 0 aromatic carbocycles. The quantitative estimate of drug-likeness (QED) is 0.0813. The zero-order valence-electron chi connectivity index (χ0n) is 21.3. The van der Waals surface area contributed by atoms with Crippen molar-refractivity contribution >= 4 is 23.7 Å². The van der Waals surface area contributed by atoms with Crippen LogP contribution in [-0.4, -0.2) is 43.0 Å². The zero-order valence-corrected chi connectivity index (χ0v) is 21.3.